The Hall–Kier alpha value is -1.34. The van der Waals surface area contributed by atoms with Crippen LogP contribution in [0.1, 0.15) is 62.5 Å². The first-order valence-corrected chi connectivity index (χ1v) is 8.72. The van der Waals surface area contributed by atoms with Crippen LogP contribution in [0.15, 0.2) is 49.1 Å². The summed E-state index contributed by atoms with van der Waals surface area (Å²) in [7, 11) is 0. The van der Waals surface area contributed by atoms with Gasteiger partial charge in [-0.15, -0.1) is 6.58 Å². The highest BCUT2D eigenvalue weighted by molar-refractivity contribution is 5.25. The number of benzene rings is 1. The Balaban J connectivity index is 1.77. The van der Waals surface area contributed by atoms with Gasteiger partial charge in [-0.05, 0) is 68.4 Å². The summed E-state index contributed by atoms with van der Waals surface area (Å²) in [5, 5.41) is 0. The van der Waals surface area contributed by atoms with Gasteiger partial charge in [-0.2, -0.15) is 0 Å². The topological polar surface area (TPSA) is 9.23 Å². The first-order valence-electron chi connectivity index (χ1n) is 8.72. The van der Waals surface area contributed by atoms with E-state index < -0.39 is 0 Å². The Kier molecular flexibility index (Phi) is 7.45. The molecular formula is C21H30O. The van der Waals surface area contributed by atoms with E-state index in [1.54, 1.807) is 0 Å². The fourth-order valence-electron chi connectivity index (χ4n) is 3.37. The standard InChI is InChI=1S/C21H30O/c1-3-5-7-18-8-12-20(13-9-18)21-14-10-19(11-15-21)17-22-16-6-4-2/h3-4,6,10-11,14-15,18,20H,1,5,7-9,12-13,16-17H2,2H3/b6-4+. The van der Waals surface area contributed by atoms with Crippen LogP contribution in [0, 0.1) is 5.92 Å². The predicted molar refractivity (Wildman–Crippen MR) is 95.0 cm³/mol. The predicted octanol–water partition coefficient (Wildman–Crippen LogP) is 6.02. The molecule has 0 unspecified atom stereocenters. The molecule has 1 aliphatic rings. The van der Waals surface area contributed by atoms with Crippen molar-refractivity contribution in [2.75, 3.05) is 6.61 Å². The van der Waals surface area contributed by atoms with Crippen molar-refractivity contribution < 1.29 is 4.74 Å². The van der Waals surface area contributed by atoms with Gasteiger partial charge in [0, 0.05) is 0 Å². The number of hydrogen-bond acceptors (Lipinski definition) is 1. The van der Waals surface area contributed by atoms with Gasteiger partial charge in [0.05, 0.1) is 13.2 Å². The largest absolute Gasteiger partial charge is 0.373 e. The first-order chi connectivity index (χ1) is 10.8. The van der Waals surface area contributed by atoms with E-state index >= 15 is 0 Å². The van der Waals surface area contributed by atoms with Crippen LogP contribution in [-0.2, 0) is 11.3 Å². The van der Waals surface area contributed by atoms with Gasteiger partial charge < -0.3 is 4.74 Å². The maximum Gasteiger partial charge on any atom is 0.0721 e. The van der Waals surface area contributed by atoms with Gasteiger partial charge in [0.15, 0.2) is 0 Å². The molecule has 2 rings (SSSR count). The summed E-state index contributed by atoms with van der Waals surface area (Å²) in [6.45, 7) is 7.26. The molecule has 1 nitrogen and oxygen atoms in total. The maximum atomic E-state index is 5.60. The molecule has 0 bridgehead atoms. The number of rotatable bonds is 8. The summed E-state index contributed by atoms with van der Waals surface area (Å²) in [5.74, 6) is 1.69. The molecule has 0 atom stereocenters. The van der Waals surface area contributed by atoms with E-state index in [2.05, 4.69) is 36.9 Å². The number of hydrogen-bond donors (Lipinski definition) is 0. The minimum Gasteiger partial charge on any atom is -0.373 e. The van der Waals surface area contributed by atoms with E-state index in [-0.39, 0.29) is 0 Å². The van der Waals surface area contributed by atoms with Crippen LogP contribution in [0.5, 0.6) is 0 Å². The molecule has 120 valence electrons. The molecule has 0 radical (unpaired) electrons. The molecule has 0 spiro atoms. The van der Waals surface area contributed by atoms with Crippen LogP contribution in [0.4, 0.5) is 0 Å². The van der Waals surface area contributed by atoms with E-state index in [4.69, 9.17) is 4.74 Å². The van der Waals surface area contributed by atoms with E-state index in [1.807, 2.05) is 19.1 Å². The van der Waals surface area contributed by atoms with Crippen molar-refractivity contribution in [2.45, 2.75) is 58.0 Å². The molecule has 0 N–H and O–H groups in total. The third kappa shape index (κ3) is 5.46. The van der Waals surface area contributed by atoms with Gasteiger partial charge in [-0.1, -0.05) is 42.5 Å². The fraction of sp³-hybridized carbons (Fsp3) is 0.524. The minimum absolute atomic E-state index is 0.701. The summed E-state index contributed by atoms with van der Waals surface area (Å²) in [6.07, 6.45) is 14.1. The lowest BCUT2D eigenvalue weighted by Gasteiger charge is -2.28. The van der Waals surface area contributed by atoms with E-state index in [1.165, 1.54) is 49.7 Å². The van der Waals surface area contributed by atoms with Crippen LogP contribution in [0.25, 0.3) is 0 Å². The molecule has 0 saturated heterocycles. The van der Waals surface area contributed by atoms with Crippen molar-refractivity contribution in [1.82, 2.24) is 0 Å². The van der Waals surface area contributed by atoms with Crippen molar-refractivity contribution in [3.05, 3.63) is 60.2 Å². The van der Waals surface area contributed by atoms with Crippen molar-refractivity contribution in [2.24, 2.45) is 5.92 Å². The monoisotopic (exact) mass is 298 g/mol. The highest BCUT2D eigenvalue weighted by atomic mass is 16.5. The van der Waals surface area contributed by atoms with Crippen LogP contribution < -0.4 is 0 Å². The van der Waals surface area contributed by atoms with Crippen molar-refractivity contribution in [1.29, 1.82) is 0 Å². The Labute approximate surface area is 136 Å². The summed E-state index contributed by atoms with van der Waals surface area (Å²) in [6, 6.07) is 9.08. The second-order valence-electron chi connectivity index (χ2n) is 6.41. The minimum atomic E-state index is 0.701. The lowest BCUT2D eigenvalue weighted by Crippen LogP contribution is -2.13. The van der Waals surface area contributed by atoms with Gasteiger partial charge in [-0.25, -0.2) is 0 Å². The van der Waals surface area contributed by atoms with Gasteiger partial charge >= 0.3 is 0 Å². The second kappa shape index (κ2) is 9.63. The molecule has 1 aromatic rings. The van der Waals surface area contributed by atoms with Crippen LogP contribution in [0.3, 0.4) is 0 Å². The van der Waals surface area contributed by atoms with Crippen molar-refractivity contribution >= 4 is 0 Å². The van der Waals surface area contributed by atoms with E-state index in [0.29, 0.717) is 13.2 Å². The highest BCUT2D eigenvalue weighted by Crippen LogP contribution is 2.37. The summed E-state index contributed by atoms with van der Waals surface area (Å²) >= 11 is 0. The van der Waals surface area contributed by atoms with Crippen LogP contribution in [0.2, 0.25) is 0 Å². The zero-order valence-electron chi connectivity index (χ0n) is 14.0. The molecule has 1 fully saturated rings. The van der Waals surface area contributed by atoms with Gasteiger partial charge in [0.1, 0.15) is 0 Å². The average molecular weight is 298 g/mol. The molecule has 0 heterocycles. The molecule has 0 amide bonds. The molecule has 1 aliphatic carbocycles. The van der Waals surface area contributed by atoms with Gasteiger partial charge in [0.2, 0.25) is 0 Å². The average Bonchev–Trinajstić information content (AvgIpc) is 2.58. The summed E-state index contributed by atoms with van der Waals surface area (Å²) in [5.41, 5.74) is 2.78. The Morgan fingerprint density at radius 2 is 1.86 bits per heavy atom. The lowest BCUT2D eigenvalue weighted by atomic mass is 9.77. The van der Waals surface area contributed by atoms with Crippen molar-refractivity contribution in [3.63, 3.8) is 0 Å². The maximum absolute atomic E-state index is 5.60. The molecule has 22 heavy (non-hydrogen) atoms. The van der Waals surface area contributed by atoms with E-state index in [9.17, 15) is 0 Å². The quantitative estimate of drug-likeness (QED) is 0.421. The molecular weight excluding hydrogens is 268 g/mol. The highest BCUT2D eigenvalue weighted by Gasteiger charge is 2.21. The number of allylic oxidation sites excluding steroid dienone is 2. The second-order valence-corrected chi connectivity index (χ2v) is 6.41. The smallest absolute Gasteiger partial charge is 0.0721 e. The lowest BCUT2D eigenvalue weighted by molar-refractivity contribution is 0.148. The normalized spacial score (nSPS) is 22.0. The molecule has 0 aliphatic heterocycles. The van der Waals surface area contributed by atoms with Crippen LogP contribution in [-0.4, -0.2) is 6.61 Å². The SMILES string of the molecule is C=CCCC1CCC(c2ccc(COC/C=C/C)cc2)CC1. The van der Waals surface area contributed by atoms with Crippen LogP contribution >= 0.6 is 0 Å². The van der Waals surface area contributed by atoms with E-state index in [0.717, 1.165) is 11.8 Å². The first kappa shape index (κ1) is 17.0. The molecule has 1 aromatic carbocycles. The number of ether oxygens (including phenoxy) is 1. The zero-order chi connectivity index (χ0) is 15.6. The Morgan fingerprint density at radius 3 is 2.50 bits per heavy atom. The van der Waals surface area contributed by atoms with Gasteiger partial charge in [0.25, 0.3) is 0 Å². The van der Waals surface area contributed by atoms with Crippen molar-refractivity contribution in [3.8, 4) is 0 Å². The third-order valence-corrected chi connectivity index (χ3v) is 4.80. The van der Waals surface area contributed by atoms with Gasteiger partial charge in [-0.3, -0.25) is 0 Å². The zero-order valence-corrected chi connectivity index (χ0v) is 14.0. The molecule has 1 heteroatoms. The molecule has 1 saturated carbocycles. The summed E-state index contributed by atoms with van der Waals surface area (Å²) in [4.78, 5) is 0. The third-order valence-electron chi connectivity index (χ3n) is 4.80. The Morgan fingerprint density at radius 1 is 1.14 bits per heavy atom. The fourth-order valence-corrected chi connectivity index (χ4v) is 3.37. The summed E-state index contributed by atoms with van der Waals surface area (Å²) < 4.78 is 5.60. The molecule has 0 aromatic heterocycles. The Bertz CT molecular complexity index is 449.